The van der Waals surface area contributed by atoms with Crippen LogP contribution in [-0.2, 0) is 0 Å². The highest BCUT2D eigenvalue weighted by atomic mass is 32.1. The Bertz CT molecular complexity index is 478. The van der Waals surface area contributed by atoms with Gasteiger partial charge in [-0.3, -0.25) is 0 Å². The average Bonchev–Trinajstić information content (AvgIpc) is 3.00. The molecular weight excluding hydrogens is 216 g/mol. The van der Waals surface area contributed by atoms with Crippen LogP contribution in [0.1, 0.15) is 26.7 Å². The topological polar surface area (TPSA) is 24.9 Å². The molecule has 1 aromatic carbocycles. The molecule has 2 nitrogen and oxygen atoms in total. The van der Waals surface area contributed by atoms with E-state index in [2.05, 4.69) is 42.3 Å². The molecule has 1 fully saturated rings. The van der Waals surface area contributed by atoms with Crippen molar-refractivity contribution in [3.63, 3.8) is 0 Å². The minimum absolute atomic E-state index is 0.188. The summed E-state index contributed by atoms with van der Waals surface area (Å²) in [5.41, 5.74) is 1.29. The maximum atomic E-state index is 4.62. The van der Waals surface area contributed by atoms with E-state index in [-0.39, 0.29) is 5.54 Å². The number of para-hydroxylation sites is 1. The van der Waals surface area contributed by atoms with Crippen LogP contribution in [-0.4, -0.2) is 10.5 Å². The molecule has 1 N–H and O–H groups in total. The summed E-state index contributed by atoms with van der Waals surface area (Å²) in [6, 6.07) is 8.30. The molecule has 0 aliphatic heterocycles. The molecule has 0 saturated heterocycles. The smallest absolute Gasteiger partial charge is 0.184 e. The standard InChI is InChI=1S/C13H16N2S/c1-13(2,9-7-8-9)15-12-14-10-5-3-4-6-11(10)16-12/h3-6,9H,7-8H2,1-2H3,(H,14,15). The van der Waals surface area contributed by atoms with E-state index in [0.717, 1.165) is 16.6 Å². The van der Waals surface area contributed by atoms with E-state index >= 15 is 0 Å². The van der Waals surface area contributed by atoms with Gasteiger partial charge in [0.25, 0.3) is 0 Å². The molecule has 0 spiro atoms. The molecule has 0 radical (unpaired) electrons. The van der Waals surface area contributed by atoms with E-state index in [1.54, 1.807) is 11.3 Å². The lowest BCUT2D eigenvalue weighted by Gasteiger charge is -2.25. The van der Waals surface area contributed by atoms with E-state index in [4.69, 9.17) is 0 Å². The monoisotopic (exact) mass is 232 g/mol. The summed E-state index contributed by atoms with van der Waals surface area (Å²) in [6.07, 6.45) is 2.70. The van der Waals surface area contributed by atoms with Crippen LogP contribution in [0.25, 0.3) is 10.2 Å². The Hall–Kier alpha value is -1.09. The van der Waals surface area contributed by atoms with E-state index in [0.29, 0.717) is 0 Å². The van der Waals surface area contributed by atoms with Gasteiger partial charge >= 0.3 is 0 Å². The Morgan fingerprint density at radius 1 is 1.31 bits per heavy atom. The molecule has 1 aromatic heterocycles. The molecule has 1 aliphatic rings. The van der Waals surface area contributed by atoms with Crippen LogP contribution in [0.2, 0.25) is 0 Å². The first-order valence-electron chi connectivity index (χ1n) is 5.79. The number of thiazole rings is 1. The number of hydrogen-bond acceptors (Lipinski definition) is 3. The van der Waals surface area contributed by atoms with Crippen LogP contribution in [0.3, 0.4) is 0 Å². The second-order valence-electron chi connectivity index (χ2n) is 5.11. The highest BCUT2D eigenvalue weighted by molar-refractivity contribution is 7.22. The molecular formula is C13H16N2S. The molecule has 1 heterocycles. The predicted molar refractivity (Wildman–Crippen MR) is 70.0 cm³/mol. The third-order valence-corrected chi connectivity index (χ3v) is 4.27. The van der Waals surface area contributed by atoms with Gasteiger partial charge in [-0.2, -0.15) is 0 Å². The van der Waals surface area contributed by atoms with Crippen molar-refractivity contribution in [1.82, 2.24) is 4.98 Å². The number of aromatic nitrogens is 1. The number of nitrogens with zero attached hydrogens (tertiary/aromatic N) is 1. The van der Waals surface area contributed by atoms with Crippen LogP contribution in [0, 0.1) is 5.92 Å². The highest BCUT2D eigenvalue weighted by Gasteiger charge is 2.38. The van der Waals surface area contributed by atoms with E-state index in [1.807, 2.05) is 6.07 Å². The first-order chi connectivity index (χ1) is 7.65. The van der Waals surface area contributed by atoms with E-state index in [9.17, 15) is 0 Å². The summed E-state index contributed by atoms with van der Waals surface area (Å²) in [6.45, 7) is 4.55. The summed E-state index contributed by atoms with van der Waals surface area (Å²) in [4.78, 5) is 4.62. The molecule has 1 aliphatic carbocycles. The maximum Gasteiger partial charge on any atom is 0.184 e. The number of rotatable bonds is 3. The molecule has 3 rings (SSSR count). The molecule has 0 atom stereocenters. The quantitative estimate of drug-likeness (QED) is 0.868. The van der Waals surface area contributed by atoms with Gasteiger partial charge < -0.3 is 5.32 Å². The number of hydrogen-bond donors (Lipinski definition) is 1. The van der Waals surface area contributed by atoms with Gasteiger partial charge in [0.05, 0.1) is 10.2 Å². The van der Waals surface area contributed by atoms with E-state index < -0.39 is 0 Å². The first-order valence-corrected chi connectivity index (χ1v) is 6.60. The molecule has 3 heteroatoms. The summed E-state index contributed by atoms with van der Waals surface area (Å²) in [5, 5.41) is 4.63. The summed E-state index contributed by atoms with van der Waals surface area (Å²) in [5.74, 6) is 0.819. The van der Waals surface area contributed by atoms with Gasteiger partial charge in [-0.1, -0.05) is 23.5 Å². The normalized spacial score (nSPS) is 16.6. The average molecular weight is 232 g/mol. The van der Waals surface area contributed by atoms with Gasteiger partial charge in [-0.05, 0) is 44.7 Å². The van der Waals surface area contributed by atoms with Gasteiger partial charge in [0.1, 0.15) is 0 Å². The summed E-state index contributed by atoms with van der Waals surface area (Å²) >= 11 is 1.75. The van der Waals surface area contributed by atoms with Gasteiger partial charge in [0, 0.05) is 5.54 Å². The van der Waals surface area contributed by atoms with Crippen molar-refractivity contribution in [3.8, 4) is 0 Å². The predicted octanol–water partition coefficient (Wildman–Crippen LogP) is 3.90. The largest absolute Gasteiger partial charge is 0.356 e. The molecule has 16 heavy (non-hydrogen) atoms. The second kappa shape index (κ2) is 3.45. The van der Waals surface area contributed by atoms with Crippen LogP contribution in [0.4, 0.5) is 5.13 Å². The third-order valence-electron chi connectivity index (χ3n) is 3.32. The van der Waals surface area contributed by atoms with Crippen molar-refractivity contribution in [3.05, 3.63) is 24.3 Å². The van der Waals surface area contributed by atoms with Crippen LogP contribution < -0.4 is 5.32 Å². The SMILES string of the molecule is CC(C)(Nc1nc2ccccc2s1)C1CC1. The zero-order chi connectivity index (χ0) is 11.2. The number of nitrogens with one attached hydrogen (secondary N) is 1. The van der Waals surface area contributed by atoms with Crippen molar-refractivity contribution in [2.75, 3.05) is 5.32 Å². The fraction of sp³-hybridized carbons (Fsp3) is 0.462. The minimum atomic E-state index is 0.188. The Morgan fingerprint density at radius 2 is 2.06 bits per heavy atom. The summed E-state index contributed by atoms with van der Waals surface area (Å²) in [7, 11) is 0. The summed E-state index contributed by atoms with van der Waals surface area (Å²) < 4.78 is 1.26. The number of benzene rings is 1. The molecule has 0 unspecified atom stereocenters. The fourth-order valence-electron chi connectivity index (χ4n) is 2.11. The van der Waals surface area contributed by atoms with Gasteiger partial charge in [0.15, 0.2) is 5.13 Å². The zero-order valence-corrected chi connectivity index (χ0v) is 10.5. The van der Waals surface area contributed by atoms with Crippen molar-refractivity contribution in [2.45, 2.75) is 32.2 Å². The minimum Gasteiger partial charge on any atom is -0.356 e. The molecule has 2 aromatic rings. The van der Waals surface area contributed by atoms with Gasteiger partial charge in [-0.25, -0.2) is 4.98 Å². The lowest BCUT2D eigenvalue weighted by molar-refractivity contribution is 0.494. The van der Waals surface area contributed by atoms with Gasteiger partial charge in [-0.15, -0.1) is 0 Å². The fourth-order valence-corrected chi connectivity index (χ4v) is 3.14. The highest BCUT2D eigenvalue weighted by Crippen LogP contribution is 2.41. The van der Waals surface area contributed by atoms with Crippen molar-refractivity contribution in [1.29, 1.82) is 0 Å². The first kappa shape index (κ1) is 10.1. The number of anilines is 1. The lowest BCUT2D eigenvalue weighted by atomic mass is 9.99. The van der Waals surface area contributed by atoms with Crippen LogP contribution in [0.5, 0.6) is 0 Å². The Morgan fingerprint density at radius 3 is 2.75 bits per heavy atom. The molecule has 1 saturated carbocycles. The molecule has 0 amide bonds. The Balaban J connectivity index is 1.88. The molecule has 0 bridgehead atoms. The molecule has 84 valence electrons. The zero-order valence-electron chi connectivity index (χ0n) is 9.66. The Kier molecular flexibility index (Phi) is 2.18. The second-order valence-corrected chi connectivity index (χ2v) is 6.14. The third kappa shape index (κ3) is 1.80. The van der Waals surface area contributed by atoms with Crippen molar-refractivity contribution >= 4 is 26.7 Å². The van der Waals surface area contributed by atoms with Crippen LogP contribution in [0.15, 0.2) is 24.3 Å². The maximum absolute atomic E-state index is 4.62. The van der Waals surface area contributed by atoms with E-state index in [1.165, 1.54) is 17.5 Å². The Labute approximate surface area is 99.7 Å². The van der Waals surface area contributed by atoms with Crippen molar-refractivity contribution < 1.29 is 0 Å². The van der Waals surface area contributed by atoms with Crippen molar-refractivity contribution in [2.24, 2.45) is 5.92 Å². The number of fused-ring (bicyclic) bond motifs is 1. The van der Waals surface area contributed by atoms with Crippen LogP contribution >= 0.6 is 11.3 Å². The van der Waals surface area contributed by atoms with Gasteiger partial charge in [0.2, 0.25) is 0 Å². The lowest BCUT2D eigenvalue weighted by Crippen LogP contribution is -2.33.